The van der Waals surface area contributed by atoms with Gasteiger partial charge in [-0.15, -0.1) is 0 Å². The van der Waals surface area contributed by atoms with Crippen LogP contribution in [0, 0.1) is 5.41 Å². The minimum Gasteiger partial charge on any atom is -0.406 e. The van der Waals surface area contributed by atoms with E-state index in [1.807, 2.05) is 39.0 Å². The van der Waals surface area contributed by atoms with E-state index in [9.17, 15) is 9.90 Å². The fourth-order valence-electron chi connectivity index (χ4n) is 3.48. The second kappa shape index (κ2) is 6.13. The van der Waals surface area contributed by atoms with E-state index in [4.69, 9.17) is 9.16 Å². The fourth-order valence-corrected chi connectivity index (χ4v) is 5.69. The SMILES string of the molecule is CC(=O)[C@]1(C)[C@H](C)O[C@](C)(CO)[C@H]1O[Si](C)(C)c1ccccc1. The van der Waals surface area contributed by atoms with Gasteiger partial charge in [-0.1, -0.05) is 30.3 Å². The Hall–Kier alpha value is -1.01. The van der Waals surface area contributed by atoms with Crippen molar-refractivity contribution in [2.75, 3.05) is 6.61 Å². The van der Waals surface area contributed by atoms with Gasteiger partial charge in [-0.2, -0.15) is 0 Å². The van der Waals surface area contributed by atoms with Crippen LogP contribution < -0.4 is 5.19 Å². The minimum atomic E-state index is -2.26. The second-order valence-electron chi connectivity index (χ2n) is 7.44. The lowest BCUT2D eigenvalue weighted by Gasteiger charge is -2.40. The molecule has 23 heavy (non-hydrogen) atoms. The van der Waals surface area contributed by atoms with E-state index in [0.717, 1.165) is 5.19 Å². The number of benzene rings is 1. The van der Waals surface area contributed by atoms with Crippen molar-refractivity contribution in [1.29, 1.82) is 0 Å². The molecule has 1 N–H and O–H groups in total. The number of Topliss-reactive ketones (excluding diaryl/α,β-unsaturated/α-hetero) is 1. The summed E-state index contributed by atoms with van der Waals surface area (Å²) in [6.07, 6.45) is -0.780. The zero-order chi connectivity index (χ0) is 17.5. The normalized spacial score (nSPS) is 34.6. The highest BCUT2D eigenvalue weighted by Crippen LogP contribution is 2.47. The van der Waals surface area contributed by atoms with Crippen LogP contribution in [-0.4, -0.2) is 43.6 Å². The largest absolute Gasteiger partial charge is 0.406 e. The summed E-state index contributed by atoms with van der Waals surface area (Å²) in [7, 11) is -2.26. The summed E-state index contributed by atoms with van der Waals surface area (Å²) in [6, 6.07) is 10.1. The third kappa shape index (κ3) is 3.03. The second-order valence-corrected chi connectivity index (χ2v) is 11.3. The number of ether oxygens (including phenoxy) is 1. The molecule has 0 radical (unpaired) electrons. The van der Waals surface area contributed by atoms with Crippen LogP contribution in [-0.2, 0) is 14.0 Å². The Morgan fingerprint density at radius 1 is 1.30 bits per heavy atom. The molecule has 0 spiro atoms. The van der Waals surface area contributed by atoms with E-state index in [1.165, 1.54) is 0 Å². The van der Waals surface area contributed by atoms with Crippen LogP contribution in [0.2, 0.25) is 13.1 Å². The molecule has 4 nitrogen and oxygen atoms in total. The summed E-state index contributed by atoms with van der Waals surface area (Å²) >= 11 is 0. The lowest BCUT2D eigenvalue weighted by Crippen LogP contribution is -2.58. The maximum absolute atomic E-state index is 12.4. The number of aliphatic hydroxyl groups excluding tert-OH is 1. The molecule has 1 saturated heterocycles. The summed E-state index contributed by atoms with van der Waals surface area (Å²) in [4.78, 5) is 12.4. The predicted octanol–water partition coefficient (Wildman–Crippen LogP) is 2.25. The van der Waals surface area contributed by atoms with E-state index in [-0.39, 0.29) is 18.5 Å². The Labute approximate surface area is 139 Å². The number of aliphatic hydroxyl groups is 1. The molecule has 0 saturated carbocycles. The number of rotatable bonds is 5. The van der Waals surface area contributed by atoms with Crippen molar-refractivity contribution in [2.24, 2.45) is 5.41 Å². The highest BCUT2D eigenvalue weighted by Gasteiger charge is 2.62. The van der Waals surface area contributed by atoms with E-state index >= 15 is 0 Å². The average molecular weight is 337 g/mol. The summed E-state index contributed by atoms with van der Waals surface area (Å²) in [5.41, 5.74) is -1.64. The Morgan fingerprint density at radius 2 is 1.87 bits per heavy atom. The lowest BCUT2D eigenvalue weighted by atomic mass is 9.74. The van der Waals surface area contributed by atoms with Crippen molar-refractivity contribution in [2.45, 2.75) is 58.6 Å². The smallest absolute Gasteiger partial charge is 0.218 e. The summed E-state index contributed by atoms with van der Waals surface area (Å²) in [5, 5.41) is 11.1. The first-order valence-corrected chi connectivity index (χ1v) is 11.0. The molecule has 1 aromatic rings. The molecule has 128 valence electrons. The maximum atomic E-state index is 12.4. The molecule has 1 fully saturated rings. The van der Waals surface area contributed by atoms with Gasteiger partial charge >= 0.3 is 0 Å². The first-order chi connectivity index (χ1) is 10.6. The van der Waals surface area contributed by atoms with Crippen molar-refractivity contribution in [3.05, 3.63) is 30.3 Å². The highest BCUT2D eigenvalue weighted by atomic mass is 28.4. The van der Waals surface area contributed by atoms with E-state index in [0.29, 0.717) is 0 Å². The van der Waals surface area contributed by atoms with Gasteiger partial charge in [0.1, 0.15) is 11.4 Å². The summed E-state index contributed by atoms with van der Waals surface area (Å²) in [5.74, 6) is 0.0324. The molecule has 1 aliphatic rings. The Balaban J connectivity index is 2.42. The van der Waals surface area contributed by atoms with Crippen LogP contribution in [0.4, 0.5) is 0 Å². The van der Waals surface area contributed by atoms with Crippen LogP contribution in [0.15, 0.2) is 30.3 Å². The van der Waals surface area contributed by atoms with Crippen molar-refractivity contribution in [3.8, 4) is 0 Å². The number of carbonyl (C=O) groups excluding carboxylic acids is 1. The van der Waals surface area contributed by atoms with Gasteiger partial charge in [-0.3, -0.25) is 4.79 Å². The van der Waals surface area contributed by atoms with Gasteiger partial charge in [-0.05, 0) is 46.0 Å². The van der Waals surface area contributed by atoms with E-state index in [1.54, 1.807) is 6.92 Å². The van der Waals surface area contributed by atoms with E-state index in [2.05, 4.69) is 25.2 Å². The number of ketones is 1. The fraction of sp³-hybridized carbons (Fsp3) is 0.611. The average Bonchev–Trinajstić information content (AvgIpc) is 2.70. The number of carbonyl (C=O) groups is 1. The molecule has 1 aliphatic heterocycles. The Bertz CT molecular complexity index is 574. The zero-order valence-electron chi connectivity index (χ0n) is 14.9. The first-order valence-electron chi connectivity index (χ1n) is 8.11. The number of hydrogen-bond acceptors (Lipinski definition) is 4. The molecule has 0 bridgehead atoms. The molecular formula is C18H28O4Si. The van der Waals surface area contributed by atoms with Crippen molar-refractivity contribution < 1.29 is 19.1 Å². The molecule has 0 aromatic heterocycles. The lowest BCUT2D eigenvalue weighted by molar-refractivity contribution is -0.131. The third-order valence-corrected chi connectivity index (χ3v) is 7.89. The van der Waals surface area contributed by atoms with Gasteiger partial charge in [0.25, 0.3) is 0 Å². The molecule has 4 atom stereocenters. The minimum absolute atomic E-state index is 0.0324. The predicted molar refractivity (Wildman–Crippen MR) is 93.3 cm³/mol. The summed E-state index contributed by atoms with van der Waals surface area (Å²) in [6.45, 7) is 11.2. The van der Waals surface area contributed by atoms with Crippen LogP contribution >= 0.6 is 0 Å². The van der Waals surface area contributed by atoms with Gasteiger partial charge in [0.05, 0.1) is 24.2 Å². The van der Waals surface area contributed by atoms with E-state index < -0.39 is 25.4 Å². The van der Waals surface area contributed by atoms with Gasteiger partial charge in [0.15, 0.2) is 0 Å². The van der Waals surface area contributed by atoms with Crippen LogP contribution in [0.25, 0.3) is 0 Å². The monoisotopic (exact) mass is 336 g/mol. The zero-order valence-corrected chi connectivity index (χ0v) is 15.9. The summed E-state index contributed by atoms with van der Waals surface area (Å²) < 4.78 is 12.6. The number of hydrogen-bond donors (Lipinski definition) is 1. The van der Waals surface area contributed by atoms with Crippen molar-refractivity contribution >= 4 is 19.3 Å². The molecule has 0 amide bonds. The molecular weight excluding hydrogens is 308 g/mol. The molecule has 2 rings (SSSR count). The van der Waals surface area contributed by atoms with Gasteiger partial charge in [0, 0.05) is 0 Å². The molecule has 0 aliphatic carbocycles. The van der Waals surface area contributed by atoms with Crippen LogP contribution in [0.1, 0.15) is 27.7 Å². The van der Waals surface area contributed by atoms with Gasteiger partial charge < -0.3 is 14.3 Å². The standard InChI is InChI=1S/C18H28O4Si/c1-13(20)18(4)14(2)21-17(3,12-19)16(18)22-23(5,6)15-10-8-7-9-11-15/h7-11,14,16,19H,12H2,1-6H3/t14-,16+,17+,18+/m0/s1. The van der Waals surface area contributed by atoms with Gasteiger partial charge in [0.2, 0.25) is 8.32 Å². The highest BCUT2D eigenvalue weighted by molar-refractivity contribution is 6.84. The van der Waals surface area contributed by atoms with Gasteiger partial charge in [-0.25, -0.2) is 0 Å². The van der Waals surface area contributed by atoms with Crippen molar-refractivity contribution in [3.63, 3.8) is 0 Å². The molecule has 5 heteroatoms. The topological polar surface area (TPSA) is 55.8 Å². The van der Waals surface area contributed by atoms with Crippen LogP contribution in [0.3, 0.4) is 0 Å². The molecule has 1 heterocycles. The molecule has 0 unspecified atom stereocenters. The Morgan fingerprint density at radius 3 is 2.35 bits per heavy atom. The maximum Gasteiger partial charge on any atom is 0.218 e. The van der Waals surface area contributed by atoms with Crippen molar-refractivity contribution in [1.82, 2.24) is 0 Å². The molecule has 1 aromatic carbocycles. The first kappa shape index (κ1) is 18.3. The third-order valence-electron chi connectivity index (χ3n) is 5.34. The van der Waals surface area contributed by atoms with Crippen LogP contribution in [0.5, 0.6) is 0 Å². The quantitative estimate of drug-likeness (QED) is 0.838. The Kier molecular flexibility index (Phi) is 4.88.